The van der Waals surface area contributed by atoms with Crippen LogP contribution in [0.15, 0.2) is 49.3 Å². The van der Waals surface area contributed by atoms with Gasteiger partial charge in [0, 0.05) is 52.9 Å². The van der Waals surface area contributed by atoms with Crippen LogP contribution in [0.2, 0.25) is 0 Å². The molecule has 0 bridgehead atoms. The number of aromatic nitrogens is 4. The van der Waals surface area contributed by atoms with Crippen molar-refractivity contribution in [2.24, 2.45) is 11.8 Å². The van der Waals surface area contributed by atoms with Crippen molar-refractivity contribution in [3.8, 4) is 11.1 Å². The molecule has 1 saturated carbocycles. The number of anilines is 2. The number of hydrogen-bond acceptors (Lipinski definition) is 5. The second-order valence-corrected chi connectivity index (χ2v) is 8.04. The van der Waals surface area contributed by atoms with Crippen molar-refractivity contribution in [2.75, 3.05) is 11.1 Å². The fraction of sp³-hybridized carbons (Fsp3) is 0.217. The number of hydrogen-bond donors (Lipinski definition) is 3. The number of halogens is 1. The Balaban J connectivity index is 1.47. The van der Waals surface area contributed by atoms with Gasteiger partial charge in [-0.1, -0.05) is 6.92 Å². The number of nitrogens with two attached hydrogens (primary N) is 1. The van der Waals surface area contributed by atoms with Gasteiger partial charge in [0.1, 0.15) is 5.82 Å². The summed E-state index contributed by atoms with van der Waals surface area (Å²) in [6, 6.07) is 5.26. The summed E-state index contributed by atoms with van der Waals surface area (Å²) in [4.78, 5) is 28.3. The average Bonchev–Trinajstić information content (AvgIpc) is 3.16. The van der Waals surface area contributed by atoms with Crippen molar-refractivity contribution in [1.29, 1.82) is 0 Å². The number of nitrogen functional groups attached to an aromatic ring is 1. The first-order chi connectivity index (χ1) is 15.0. The number of H-pyrrole nitrogens is 1. The second kappa shape index (κ2) is 7.16. The standard InChI is InChI=1S/C23H21FN6O/c1-11-3-4-26-7-15(11)14-5-13-6-18(28-8-16(13)22(25)21(14)24)30-23(31)20-12(2)19(20)17-9-27-10-29-17/h3-10,12,19-20H,25H2,1-2H3,(H,27,29)(H,28,30,31)/t12-,19+,20-/m0/s1. The van der Waals surface area contributed by atoms with E-state index in [1.165, 1.54) is 6.20 Å². The van der Waals surface area contributed by atoms with Crippen molar-refractivity contribution in [3.63, 3.8) is 0 Å². The topological polar surface area (TPSA) is 110 Å². The van der Waals surface area contributed by atoms with Crippen LogP contribution in [0.5, 0.6) is 0 Å². The lowest BCUT2D eigenvalue weighted by atomic mass is 9.98. The van der Waals surface area contributed by atoms with E-state index in [4.69, 9.17) is 5.73 Å². The molecule has 31 heavy (non-hydrogen) atoms. The van der Waals surface area contributed by atoms with E-state index in [1.807, 2.05) is 19.9 Å². The number of fused-ring (bicyclic) bond motifs is 1. The van der Waals surface area contributed by atoms with Gasteiger partial charge in [-0.15, -0.1) is 0 Å². The van der Waals surface area contributed by atoms with E-state index in [1.54, 1.807) is 37.1 Å². The number of amides is 1. The van der Waals surface area contributed by atoms with Gasteiger partial charge in [0.2, 0.25) is 5.91 Å². The number of aryl methyl sites for hydroxylation is 1. The third-order valence-electron chi connectivity index (χ3n) is 6.14. The largest absolute Gasteiger partial charge is 0.396 e. The molecule has 5 rings (SSSR count). The average molecular weight is 416 g/mol. The van der Waals surface area contributed by atoms with E-state index in [2.05, 4.69) is 25.3 Å². The molecule has 1 amide bonds. The normalized spacial score (nSPS) is 20.0. The molecule has 0 aliphatic heterocycles. The summed E-state index contributed by atoms with van der Waals surface area (Å²) in [6.45, 7) is 3.93. The number of pyridine rings is 2. The van der Waals surface area contributed by atoms with Gasteiger partial charge in [0.25, 0.3) is 0 Å². The van der Waals surface area contributed by atoms with E-state index in [0.717, 1.165) is 11.3 Å². The molecule has 0 spiro atoms. The lowest BCUT2D eigenvalue weighted by Crippen LogP contribution is -2.16. The highest BCUT2D eigenvalue weighted by Gasteiger charge is 2.53. The van der Waals surface area contributed by atoms with Crippen molar-refractivity contribution in [1.82, 2.24) is 19.9 Å². The van der Waals surface area contributed by atoms with Gasteiger partial charge in [0.15, 0.2) is 5.82 Å². The third-order valence-corrected chi connectivity index (χ3v) is 6.14. The highest BCUT2D eigenvalue weighted by molar-refractivity contribution is 6.00. The third kappa shape index (κ3) is 3.20. The minimum atomic E-state index is -0.503. The molecule has 3 heterocycles. The van der Waals surface area contributed by atoms with Gasteiger partial charge in [-0.2, -0.15) is 0 Å². The fourth-order valence-electron chi connectivity index (χ4n) is 4.31. The molecular formula is C23H21FN6O. The first-order valence-corrected chi connectivity index (χ1v) is 10.0. The van der Waals surface area contributed by atoms with Gasteiger partial charge >= 0.3 is 0 Å². The highest BCUT2D eigenvalue weighted by atomic mass is 19.1. The Morgan fingerprint density at radius 2 is 2.03 bits per heavy atom. The molecule has 1 aliphatic carbocycles. The number of rotatable bonds is 4. The minimum absolute atomic E-state index is 0.0243. The van der Waals surface area contributed by atoms with Crippen LogP contribution in [0.25, 0.3) is 21.9 Å². The Hall–Kier alpha value is -3.81. The van der Waals surface area contributed by atoms with Crippen LogP contribution >= 0.6 is 0 Å². The molecule has 3 atom stereocenters. The number of nitrogens with one attached hydrogen (secondary N) is 2. The number of nitrogens with zero attached hydrogens (tertiary/aromatic N) is 3. The van der Waals surface area contributed by atoms with E-state index in [-0.39, 0.29) is 29.3 Å². The van der Waals surface area contributed by atoms with Crippen LogP contribution in [0.1, 0.15) is 24.1 Å². The molecule has 4 aromatic rings. The number of aromatic amines is 1. The lowest BCUT2D eigenvalue weighted by Gasteiger charge is -2.12. The zero-order valence-corrected chi connectivity index (χ0v) is 17.1. The summed E-state index contributed by atoms with van der Waals surface area (Å²) < 4.78 is 15.0. The molecule has 0 radical (unpaired) electrons. The first-order valence-electron chi connectivity index (χ1n) is 10.0. The van der Waals surface area contributed by atoms with Gasteiger partial charge in [-0.25, -0.2) is 14.4 Å². The molecule has 8 heteroatoms. The quantitative estimate of drug-likeness (QED) is 0.435. The van der Waals surface area contributed by atoms with E-state index >= 15 is 0 Å². The minimum Gasteiger partial charge on any atom is -0.396 e. The first kappa shape index (κ1) is 19.2. The summed E-state index contributed by atoms with van der Waals surface area (Å²) in [7, 11) is 0. The number of benzene rings is 1. The monoisotopic (exact) mass is 416 g/mol. The Bertz CT molecular complexity index is 1300. The number of imidazole rings is 1. The van der Waals surface area contributed by atoms with E-state index in [0.29, 0.717) is 27.7 Å². The van der Waals surface area contributed by atoms with Crippen LogP contribution in [0.4, 0.5) is 15.9 Å². The molecule has 1 aliphatic rings. The Morgan fingerprint density at radius 3 is 2.77 bits per heavy atom. The molecule has 1 aromatic carbocycles. The van der Waals surface area contributed by atoms with Crippen LogP contribution in [0, 0.1) is 24.6 Å². The van der Waals surface area contributed by atoms with Gasteiger partial charge in [-0.05, 0) is 42.0 Å². The summed E-state index contributed by atoms with van der Waals surface area (Å²) in [5.41, 5.74) is 8.99. The predicted octanol–water partition coefficient (Wildman–Crippen LogP) is 4.04. The smallest absolute Gasteiger partial charge is 0.229 e. The number of carbonyl (C=O) groups excluding carboxylic acids is 1. The van der Waals surface area contributed by atoms with Crippen molar-refractivity contribution in [2.45, 2.75) is 19.8 Å². The van der Waals surface area contributed by atoms with Crippen molar-refractivity contribution >= 4 is 28.2 Å². The molecule has 3 aromatic heterocycles. The van der Waals surface area contributed by atoms with Crippen molar-refractivity contribution < 1.29 is 9.18 Å². The summed E-state index contributed by atoms with van der Waals surface area (Å²) in [5, 5.41) is 4.08. The molecule has 0 unspecified atom stereocenters. The van der Waals surface area contributed by atoms with Gasteiger partial charge in [-0.3, -0.25) is 9.78 Å². The molecular weight excluding hydrogens is 395 g/mol. The SMILES string of the molecule is Cc1ccncc1-c1cc2cc(NC(=O)[C@H]3[C@@H](C)[C@@H]3c3cnc[nH]3)ncc2c(N)c1F. The van der Waals surface area contributed by atoms with Crippen LogP contribution in [-0.4, -0.2) is 25.8 Å². The Kier molecular flexibility index (Phi) is 4.43. The maximum absolute atomic E-state index is 15.0. The number of carbonyl (C=O) groups is 1. The second-order valence-electron chi connectivity index (χ2n) is 8.04. The maximum atomic E-state index is 15.0. The predicted molar refractivity (Wildman–Crippen MR) is 117 cm³/mol. The molecule has 7 nitrogen and oxygen atoms in total. The zero-order chi connectivity index (χ0) is 21.7. The molecule has 156 valence electrons. The van der Waals surface area contributed by atoms with Crippen molar-refractivity contribution in [3.05, 3.63) is 66.4 Å². The zero-order valence-electron chi connectivity index (χ0n) is 17.1. The molecule has 1 fully saturated rings. The van der Waals surface area contributed by atoms with Crippen LogP contribution in [0.3, 0.4) is 0 Å². The molecule has 0 saturated heterocycles. The highest BCUT2D eigenvalue weighted by Crippen LogP contribution is 2.53. The van der Waals surface area contributed by atoms with Gasteiger partial charge in [0.05, 0.1) is 17.9 Å². The van der Waals surface area contributed by atoms with E-state index < -0.39 is 5.82 Å². The Labute approximate surface area is 177 Å². The van der Waals surface area contributed by atoms with E-state index in [9.17, 15) is 9.18 Å². The van der Waals surface area contributed by atoms with Gasteiger partial charge < -0.3 is 16.0 Å². The van der Waals surface area contributed by atoms with Crippen LogP contribution in [-0.2, 0) is 4.79 Å². The maximum Gasteiger partial charge on any atom is 0.229 e. The lowest BCUT2D eigenvalue weighted by molar-refractivity contribution is -0.117. The summed E-state index contributed by atoms with van der Waals surface area (Å²) in [6.07, 6.45) is 8.14. The molecule has 4 N–H and O–H groups in total. The summed E-state index contributed by atoms with van der Waals surface area (Å²) in [5.74, 6) is -0.0166. The Morgan fingerprint density at radius 1 is 1.19 bits per heavy atom. The summed E-state index contributed by atoms with van der Waals surface area (Å²) >= 11 is 0. The van der Waals surface area contributed by atoms with Crippen LogP contribution < -0.4 is 11.1 Å². The fourth-order valence-corrected chi connectivity index (χ4v) is 4.31.